The Labute approximate surface area is 105 Å². The summed E-state index contributed by atoms with van der Waals surface area (Å²) in [7, 11) is -3.18. The van der Waals surface area contributed by atoms with E-state index >= 15 is 0 Å². The molecule has 0 aromatic heterocycles. The zero-order chi connectivity index (χ0) is 12.3. The summed E-state index contributed by atoms with van der Waals surface area (Å²) >= 11 is 0. The van der Waals surface area contributed by atoms with E-state index in [1.807, 2.05) is 0 Å². The molecule has 5 heteroatoms. The van der Waals surface area contributed by atoms with E-state index in [-0.39, 0.29) is 6.04 Å². The van der Waals surface area contributed by atoms with Crippen molar-refractivity contribution in [2.45, 2.75) is 57.9 Å². The maximum atomic E-state index is 12.6. The van der Waals surface area contributed by atoms with Gasteiger partial charge >= 0.3 is 0 Å². The molecule has 0 bridgehead atoms. The van der Waals surface area contributed by atoms with Gasteiger partial charge in [-0.05, 0) is 32.1 Å². The average molecular weight is 260 g/mol. The number of nitrogens with zero attached hydrogens (tertiary/aromatic N) is 2. The van der Waals surface area contributed by atoms with Crippen LogP contribution in [0.25, 0.3) is 0 Å². The highest BCUT2D eigenvalue weighted by Gasteiger charge is 2.35. The summed E-state index contributed by atoms with van der Waals surface area (Å²) in [5.41, 5.74) is 0. The first-order valence-corrected chi connectivity index (χ1v) is 8.33. The smallest absolute Gasteiger partial charge is 0.195 e. The molecule has 2 heterocycles. The molecule has 1 atom stereocenters. The van der Waals surface area contributed by atoms with E-state index in [1.165, 1.54) is 12.8 Å². The van der Waals surface area contributed by atoms with E-state index in [9.17, 15) is 8.42 Å². The minimum absolute atomic E-state index is 0.232. The van der Waals surface area contributed by atoms with Gasteiger partial charge in [0.15, 0.2) is 0 Å². The van der Waals surface area contributed by atoms with Gasteiger partial charge in [-0.15, -0.1) is 0 Å². The van der Waals surface area contributed by atoms with E-state index in [0.717, 1.165) is 51.7 Å². The van der Waals surface area contributed by atoms with Crippen molar-refractivity contribution >= 4 is 10.2 Å². The molecule has 0 aromatic rings. The fourth-order valence-electron chi connectivity index (χ4n) is 2.93. The van der Waals surface area contributed by atoms with Crippen LogP contribution in [-0.4, -0.2) is 42.7 Å². The lowest BCUT2D eigenvalue weighted by molar-refractivity contribution is 0.219. The Balaban J connectivity index is 2.11. The van der Waals surface area contributed by atoms with E-state index < -0.39 is 10.2 Å². The van der Waals surface area contributed by atoms with Gasteiger partial charge in [0.1, 0.15) is 0 Å². The van der Waals surface area contributed by atoms with Crippen molar-refractivity contribution in [3.63, 3.8) is 0 Å². The predicted octanol–water partition coefficient (Wildman–Crippen LogP) is 1.98. The van der Waals surface area contributed by atoms with Crippen molar-refractivity contribution in [1.29, 1.82) is 0 Å². The molecule has 1 unspecified atom stereocenters. The van der Waals surface area contributed by atoms with Crippen LogP contribution in [0.4, 0.5) is 0 Å². The highest BCUT2D eigenvalue weighted by molar-refractivity contribution is 7.86. The van der Waals surface area contributed by atoms with Crippen LogP contribution >= 0.6 is 0 Å². The van der Waals surface area contributed by atoms with Crippen molar-refractivity contribution in [3.8, 4) is 0 Å². The Morgan fingerprint density at radius 2 is 1.65 bits per heavy atom. The zero-order valence-corrected chi connectivity index (χ0v) is 11.6. The van der Waals surface area contributed by atoms with Crippen LogP contribution in [0.5, 0.6) is 0 Å². The summed E-state index contributed by atoms with van der Waals surface area (Å²) in [5.74, 6) is 0. The van der Waals surface area contributed by atoms with Crippen molar-refractivity contribution in [3.05, 3.63) is 0 Å². The van der Waals surface area contributed by atoms with Gasteiger partial charge in [-0.3, -0.25) is 0 Å². The minimum Gasteiger partial charge on any atom is -0.195 e. The third-order valence-corrected chi connectivity index (χ3v) is 6.07. The second-order valence-electron chi connectivity index (χ2n) is 5.14. The van der Waals surface area contributed by atoms with Gasteiger partial charge in [0.25, 0.3) is 10.2 Å². The molecule has 2 aliphatic heterocycles. The summed E-state index contributed by atoms with van der Waals surface area (Å²) in [5, 5.41) is 0. The first-order chi connectivity index (χ1) is 8.16. The highest BCUT2D eigenvalue weighted by atomic mass is 32.2. The fraction of sp³-hybridized carbons (Fsp3) is 1.00. The summed E-state index contributed by atoms with van der Waals surface area (Å²) in [6.07, 6.45) is 7.36. The molecule has 0 saturated carbocycles. The molecule has 17 heavy (non-hydrogen) atoms. The van der Waals surface area contributed by atoms with Gasteiger partial charge in [-0.2, -0.15) is 17.0 Å². The Hall–Kier alpha value is -0.130. The zero-order valence-electron chi connectivity index (χ0n) is 10.8. The van der Waals surface area contributed by atoms with E-state index in [4.69, 9.17) is 0 Å². The molecule has 0 N–H and O–H groups in total. The molecule has 100 valence electrons. The van der Waals surface area contributed by atoms with Gasteiger partial charge in [-0.25, -0.2) is 0 Å². The van der Waals surface area contributed by atoms with Gasteiger partial charge in [0, 0.05) is 25.7 Å². The van der Waals surface area contributed by atoms with Crippen molar-refractivity contribution in [1.82, 2.24) is 8.61 Å². The van der Waals surface area contributed by atoms with Crippen LogP contribution in [0.3, 0.4) is 0 Å². The van der Waals surface area contributed by atoms with Gasteiger partial charge in [0.05, 0.1) is 0 Å². The van der Waals surface area contributed by atoms with Gasteiger partial charge in [0.2, 0.25) is 0 Å². The van der Waals surface area contributed by atoms with Crippen LogP contribution in [0.2, 0.25) is 0 Å². The fourth-order valence-corrected chi connectivity index (χ4v) is 4.94. The van der Waals surface area contributed by atoms with Crippen molar-refractivity contribution in [2.24, 2.45) is 0 Å². The second kappa shape index (κ2) is 5.67. The Morgan fingerprint density at radius 1 is 1.00 bits per heavy atom. The Bertz CT molecular complexity index is 336. The van der Waals surface area contributed by atoms with Crippen LogP contribution in [0.1, 0.15) is 51.9 Å². The van der Waals surface area contributed by atoms with Crippen LogP contribution in [0.15, 0.2) is 0 Å². The van der Waals surface area contributed by atoms with E-state index in [2.05, 4.69) is 6.92 Å². The molecule has 2 fully saturated rings. The topological polar surface area (TPSA) is 40.6 Å². The monoisotopic (exact) mass is 260 g/mol. The maximum Gasteiger partial charge on any atom is 0.282 e. The molecule has 2 rings (SSSR count). The largest absolute Gasteiger partial charge is 0.282 e. The van der Waals surface area contributed by atoms with Gasteiger partial charge in [-0.1, -0.05) is 19.8 Å². The molecule has 0 radical (unpaired) electrons. The van der Waals surface area contributed by atoms with Crippen LogP contribution < -0.4 is 0 Å². The first-order valence-electron chi connectivity index (χ1n) is 6.93. The van der Waals surface area contributed by atoms with Crippen molar-refractivity contribution < 1.29 is 8.42 Å². The third-order valence-electron chi connectivity index (χ3n) is 3.98. The normalized spacial score (nSPS) is 29.4. The third kappa shape index (κ3) is 2.83. The predicted molar refractivity (Wildman–Crippen MR) is 69.0 cm³/mol. The maximum absolute atomic E-state index is 12.6. The average Bonchev–Trinajstić information content (AvgIpc) is 2.39. The second-order valence-corrected chi connectivity index (χ2v) is 7.02. The lowest BCUT2D eigenvalue weighted by Gasteiger charge is -2.38. The summed E-state index contributed by atoms with van der Waals surface area (Å²) < 4.78 is 28.6. The van der Waals surface area contributed by atoms with E-state index in [0.29, 0.717) is 0 Å². The Kier molecular flexibility index (Phi) is 4.44. The summed E-state index contributed by atoms with van der Waals surface area (Å²) in [6, 6.07) is 0.232. The van der Waals surface area contributed by atoms with Gasteiger partial charge < -0.3 is 0 Å². The van der Waals surface area contributed by atoms with Crippen LogP contribution in [0, 0.1) is 0 Å². The molecule has 2 aliphatic rings. The molecule has 0 spiro atoms. The summed E-state index contributed by atoms with van der Waals surface area (Å²) in [4.78, 5) is 0. The number of hydrogen-bond acceptors (Lipinski definition) is 2. The SMILES string of the molecule is CCC1CCCCN1S(=O)(=O)N1CCCCC1. The molecule has 4 nitrogen and oxygen atoms in total. The van der Waals surface area contributed by atoms with E-state index in [1.54, 1.807) is 8.61 Å². The lowest BCUT2D eigenvalue weighted by atomic mass is 10.0. The lowest BCUT2D eigenvalue weighted by Crippen LogP contribution is -2.51. The molecule has 0 aliphatic carbocycles. The Morgan fingerprint density at radius 3 is 2.29 bits per heavy atom. The minimum atomic E-state index is -3.18. The van der Waals surface area contributed by atoms with Crippen molar-refractivity contribution in [2.75, 3.05) is 19.6 Å². The molecule has 0 aromatic carbocycles. The molecular formula is C12H24N2O2S. The number of piperidine rings is 2. The highest BCUT2D eigenvalue weighted by Crippen LogP contribution is 2.26. The van der Waals surface area contributed by atoms with Crippen LogP contribution in [-0.2, 0) is 10.2 Å². The summed E-state index contributed by atoms with van der Waals surface area (Å²) in [6.45, 7) is 4.25. The molecule has 2 saturated heterocycles. The first kappa shape index (κ1) is 13.3. The standard InChI is InChI=1S/C12H24N2O2S/c1-2-12-8-4-7-11-14(12)17(15,16)13-9-5-3-6-10-13/h12H,2-11H2,1H3. The number of hydrogen-bond donors (Lipinski definition) is 0. The molecular weight excluding hydrogens is 236 g/mol. The number of rotatable bonds is 3. The quantitative estimate of drug-likeness (QED) is 0.778. The molecule has 0 amide bonds.